The summed E-state index contributed by atoms with van der Waals surface area (Å²) in [6.07, 6.45) is 0.231. The first kappa shape index (κ1) is 34.5. The molecule has 0 fully saturated rings. The molecule has 0 unspecified atom stereocenters. The Morgan fingerprint density at radius 3 is 2.04 bits per heavy atom. The molecule has 0 bridgehead atoms. The molecule has 0 saturated heterocycles. The number of sulfonamides is 1. The van der Waals surface area contributed by atoms with E-state index < -0.39 is 28.5 Å². The van der Waals surface area contributed by atoms with Crippen molar-refractivity contribution in [3.63, 3.8) is 0 Å². The van der Waals surface area contributed by atoms with Gasteiger partial charge in [-0.2, -0.15) is 0 Å². The highest BCUT2D eigenvalue weighted by molar-refractivity contribution is 9.10. The largest absolute Gasteiger partial charge is 0.493 e. The smallest absolute Gasteiger partial charge is 0.264 e. The van der Waals surface area contributed by atoms with E-state index in [-0.39, 0.29) is 29.5 Å². The topological polar surface area (TPSA) is 105 Å². The average molecular weight is 709 g/mol. The molecule has 0 spiro atoms. The van der Waals surface area contributed by atoms with E-state index in [9.17, 15) is 18.0 Å². The van der Waals surface area contributed by atoms with Gasteiger partial charge >= 0.3 is 0 Å². The van der Waals surface area contributed by atoms with Gasteiger partial charge in [-0.25, -0.2) is 8.42 Å². The summed E-state index contributed by atoms with van der Waals surface area (Å²) in [5.41, 5.74) is 3.61. The summed E-state index contributed by atoms with van der Waals surface area (Å²) in [6.45, 7) is 3.24. The highest BCUT2D eigenvalue weighted by Gasteiger charge is 2.35. The number of carbonyl (C=O) groups excluding carboxylic acids is 2. The van der Waals surface area contributed by atoms with Crippen LogP contribution in [0.15, 0.2) is 100 Å². The average Bonchev–Trinajstić information content (AvgIpc) is 3.05. The lowest BCUT2D eigenvalue weighted by Gasteiger charge is -2.33. The summed E-state index contributed by atoms with van der Waals surface area (Å²) in [5, 5.41) is 2.70. The van der Waals surface area contributed by atoms with Gasteiger partial charge in [-0.1, -0.05) is 64.5 Å². The number of nitrogens with one attached hydrogen (secondary N) is 1. The lowest BCUT2D eigenvalue weighted by Crippen LogP contribution is -2.53. The summed E-state index contributed by atoms with van der Waals surface area (Å²) in [4.78, 5) is 29.3. The van der Waals surface area contributed by atoms with E-state index >= 15 is 0 Å². The van der Waals surface area contributed by atoms with Crippen LogP contribution in [0.2, 0.25) is 0 Å². The molecule has 1 N–H and O–H groups in total. The molecule has 2 amide bonds. The molecule has 0 aliphatic carbocycles. The number of anilines is 1. The zero-order valence-electron chi connectivity index (χ0n) is 26.5. The molecule has 0 heterocycles. The molecule has 4 rings (SSSR count). The Bertz CT molecular complexity index is 1760. The van der Waals surface area contributed by atoms with Crippen molar-refractivity contribution in [2.24, 2.45) is 0 Å². The molecule has 11 heteroatoms. The molecule has 46 heavy (non-hydrogen) atoms. The predicted octanol–water partition coefficient (Wildman–Crippen LogP) is 5.66. The second-order valence-electron chi connectivity index (χ2n) is 10.8. The number of aryl methyl sites for hydroxylation is 2. The van der Waals surface area contributed by atoms with Gasteiger partial charge in [0.1, 0.15) is 12.6 Å². The Morgan fingerprint density at radius 2 is 1.46 bits per heavy atom. The first-order valence-corrected chi connectivity index (χ1v) is 16.8. The van der Waals surface area contributed by atoms with Crippen molar-refractivity contribution in [3.8, 4) is 11.5 Å². The predicted molar refractivity (Wildman–Crippen MR) is 183 cm³/mol. The van der Waals surface area contributed by atoms with Crippen LogP contribution in [-0.2, 0) is 32.6 Å². The number of amides is 2. The maximum Gasteiger partial charge on any atom is 0.264 e. The van der Waals surface area contributed by atoms with Gasteiger partial charge in [-0.15, -0.1) is 0 Å². The molecule has 4 aromatic rings. The number of carbonyl (C=O) groups is 2. The van der Waals surface area contributed by atoms with E-state index in [1.807, 2.05) is 74.5 Å². The third-order valence-electron chi connectivity index (χ3n) is 7.50. The number of hydrogen-bond donors (Lipinski definition) is 1. The number of hydrogen-bond acceptors (Lipinski definition) is 6. The van der Waals surface area contributed by atoms with E-state index in [1.54, 1.807) is 12.1 Å². The maximum absolute atomic E-state index is 14.5. The molecular formula is C35H38BrN3O6S. The number of likely N-dealkylation sites (N-methyl/N-ethyl adjacent to an activating group) is 1. The normalized spacial score (nSPS) is 11.8. The highest BCUT2D eigenvalue weighted by Crippen LogP contribution is 2.33. The minimum atomic E-state index is -4.32. The SMILES string of the molecule is CNC(=O)[C@H](Cc1ccccc1)N(Cc1ccc(Br)cc1)C(=O)CN(c1cc(C)cc(C)c1)S(=O)(=O)c1ccc(OC)c(OC)c1. The van der Waals surface area contributed by atoms with Gasteiger partial charge in [-0.3, -0.25) is 13.9 Å². The van der Waals surface area contributed by atoms with E-state index in [1.165, 1.54) is 44.4 Å². The fraction of sp³-hybridized carbons (Fsp3) is 0.257. The third-order valence-corrected chi connectivity index (χ3v) is 9.80. The number of nitrogens with zero attached hydrogens (tertiary/aromatic N) is 2. The monoisotopic (exact) mass is 707 g/mol. The molecule has 242 valence electrons. The minimum absolute atomic E-state index is 0.0775. The Morgan fingerprint density at radius 1 is 0.826 bits per heavy atom. The lowest BCUT2D eigenvalue weighted by atomic mass is 10.0. The van der Waals surface area contributed by atoms with Gasteiger partial charge in [0.05, 0.1) is 24.8 Å². The van der Waals surface area contributed by atoms with Crippen molar-refractivity contribution < 1.29 is 27.5 Å². The van der Waals surface area contributed by atoms with Crippen LogP contribution in [-0.4, -0.2) is 59.0 Å². The Hall–Kier alpha value is -4.35. The van der Waals surface area contributed by atoms with E-state index in [2.05, 4.69) is 21.2 Å². The third kappa shape index (κ3) is 8.27. The second kappa shape index (κ2) is 15.3. The molecular weight excluding hydrogens is 670 g/mol. The lowest BCUT2D eigenvalue weighted by molar-refractivity contribution is -0.139. The van der Waals surface area contributed by atoms with Crippen molar-refractivity contribution in [1.29, 1.82) is 0 Å². The summed E-state index contributed by atoms with van der Waals surface area (Å²) in [5.74, 6) is -0.314. The molecule has 4 aromatic carbocycles. The maximum atomic E-state index is 14.5. The Balaban J connectivity index is 1.83. The summed E-state index contributed by atoms with van der Waals surface area (Å²) < 4.78 is 41.5. The van der Waals surface area contributed by atoms with Gasteiger partial charge in [0.25, 0.3) is 10.0 Å². The molecule has 0 radical (unpaired) electrons. The Labute approximate surface area is 279 Å². The number of rotatable bonds is 13. The molecule has 9 nitrogen and oxygen atoms in total. The van der Waals surface area contributed by atoms with E-state index in [4.69, 9.17) is 9.47 Å². The zero-order chi connectivity index (χ0) is 33.4. The molecule has 0 aromatic heterocycles. The van der Waals surface area contributed by atoms with Crippen LogP contribution in [0.4, 0.5) is 5.69 Å². The second-order valence-corrected chi connectivity index (χ2v) is 13.6. The summed E-state index contributed by atoms with van der Waals surface area (Å²) in [7, 11) is 0.0856. The van der Waals surface area contributed by atoms with Crippen LogP contribution in [0, 0.1) is 13.8 Å². The molecule has 1 atom stereocenters. The first-order valence-electron chi connectivity index (χ1n) is 14.6. The van der Waals surface area contributed by atoms with Gasteiger partial charge in [0.15, 0.2) is 11.5 Å². The van der Waals surface area contributed by atoms with Crippen molar-refractivity contribution in [2.45, 2.75) is 37.8 Å². The first-order chi connectivity index (χ1) is 22.0. The van der Waals surface area contributed by atoms with Gasteiger partial charge in [0, 0.05) is 30.6 Å². The fourth-order valence-electron chi connectivity index (χ4n) is 5.23. The van der Waals surface area contributed by atoms with Crippen LogP contribution in [0.1, 0.15) is 22.3 Å². The van der Waals surface area contributed by atoms with Crippen molar-refractivity contribution in [1.82, 2.24) is 10.2 Å². The minimum Gasteiger partial charge on any atom is -0.493 e. The van der Waals surface area contributed by atoms with Crippen molar-refractivity contribution >= 4 is 43.5 Å². The number of ether oxygens (including phenoxy) is 2. The van der Waals surface area contributed by atoms with Crippen LogP contribution < -0.4 is 19.1 Å². The van der Waals surface area contributed by atoms with E-state index in [0.29, 0.717) is 11.4 Å². The molecule has 0 aliphatic rings. The highest BCUT2D eigenvalue weighted by atomic mass is 79.9. The van der Waals surface area contributed by atoms with Crippen LogP contribution >= 0.6 is 15.9 Å². The summed E-state index contributed by atoms with van der Waals surface area (Å²) >= 11 is 3.45. The molecule has 0 saturated carbocycles. The van der Waals surface area contributed by atoms with Crippen LogP contribution in [0.25, 0.3) is 0 Å². The van der Waals surface area contributed by atoms with Crippen molar-refractivity contribution in [2.75, 3.05) is 32.1 Å². The number of methoxy groups -OCH3 is 2. The quantitative estimate of drug-likeness (QED) is 0.192. The van der Waals surface area contributed by atoms with Crippen molar-refractivity contribution in [3.05, 3.63) is 118 Å². The van der Waals surface area contributed by atoms with Crippen LogP contribution in [0.3, 0.4) is 0 Å². The number of halogens is 1. The van der Waals surface area contributed by atoms with Gasteiger partial charge < -0.3 is 19.7 Å². The van der Waals surface area contributed by atoms with E-state index in [0.717, 1.165) is 31.0 Å². The standard InChI is InChI=1S/C35H38BrN3O6S/c1-24-17-25(2)19-29(18-24)39(46(42,43)30-15-16-32(44-4)33(21-30)45-5)23-34(40)38(22-27-11-13-28(36)14-12-27)31(35(41)37-3)20-26-9-7-6-8-10-26/h6-19,21,31H,20,22-23H2,1-5H3,(H,37,41)/t31-/m0/s1. The molecule has 0 aliphatic heterocycles. The van der Waals surface area contributed by atoms with Gasteiger partial charge in [-0.05, 0) is 72.5 Å². The summed E-state index contributed by atoms with van der Waals surface area (Å²) in [6, 6.07) is 25.6. The number of benzene rings is 4. The van der Waals surface area contributed by atoms with Gasteiger partial charge in [0.2, 0.25) is 11.8 Å². The fourth-order valence-corrected chi connectivity index (χ4v) is 6.91. The Kier molecular flexibility index (Phi) is 11.5. The van der Waals surface area contributed by atoms with Crippen LogP contribution in [0.5, 0.6) is 11.5 Å². The zero-order valence-corrected chi connectivity index (χ0v) is 28.9.